The number of rotatable bonds is 5. The Hall–Kier alpha value is -1.76. The van der Waals surface area contributed by atoms with E-state index in [0.29, 0.717) is 12.2 Å². The molecule has 1 aliphatic heterocycles. The second-order valence-electron chi connectivity index (χ2n) is 5.18. The van der Waals surface area contributed by atoms with Gasteiger partial charge < -0.3 is 10.1 Å². The van der Waals surface area contributed by atoms with Crippen LogP contribution in [-0.4, -0.2) is 42.1 Å². The van der Waals surface area contributed by atoms with Crippen molar-refractivity contribution in [3.8, 4) is 0 Å². The molecular weight excluding hydrogens is 298 g/mol. The molecule has 2 aromatic rings. The second kappa shape index (κ2) is 7.49. The Balaban J connectivity index is 1.52. The van der Waals surface area contributed by atoms with Crippen LogP contribution in [0.1, 0.15) is 21.1 Å². The summed E-state index contributed by atoms with van der Waals surface area (Å²) in [6.45, 7) is 4.71. The molecule has 0 atom stereocenters. The van der Waals surface area contributed by atoms with Crippen LogP contribution in [0.15, 0.2) is 35.7 Å². The Morgan fingerprint density at radius 1 is 1.27 bits per heavy atom. The van der Waals surface area contributed by atoms with Crippen LogP contribution in [0.25, 0.3) is 0 Å². The number of carbonyl (C=O) groups excluding carboxylic acids is 1. The van der Waals surface area contributed by atoms with Crippen LogP contribution in [0, 0.1) is 0 Å². The number of ether oxygens (including phenoxy) is 1. The molecule has 0 unspecified atom stereocenters. The first-order valence-electron chi connectivity index (χ1n) is 7.38. The van der Waals surface area contributed by atoms with Crippen molar-refractivity contribution in [1.82, 2.24) is 15.2 Å². The summed E-state index contributed by atoms with van der Waals surface area (Å²) in [5, 5.41) is 5.71. The van der Waals surface area contributed by atoms with Gasteiger partial charge >= 0.3 is 0 Å². The number of nitrogens with zero attached hydrogens (tertiary/aromatic N) is 2. The number of morpholine rings is 1. The summed E-state index contributed by atoms with van der Waals surface area (Å²) in [6.07, 6.45) is 0. The number of amides is 1. The first kappa shape index (κ1) is 15.1. The van der Waals surface area contributed by atoms with Crippen LogP contribution in [0.4, 0.5) is 0 Å². The third-order valence-electron chi connectivity index (χ3n) is 3.54. The summed E-state index contributed by atoms with van der Waals surface area (Å²) in [7, 11) is 0. The molecule has 0 radical (unpaired) electrons. The van der Waals surface area contributed by atoms with Gasteiger partial charge in [-0.2, -0.15) is 0 Å². The summed E-state index contributed by atoms with van der Waals surface area (Å²) in [5.74, 6) is -0.117. The molecule has 116 valence electrons. The Labute approximate surface area is 133 Å². The molecule has 1 aromatic carbocycles. The Morgan fingerprint density at radius 2 is 2.05 bits per heavy atom. The van der Waals surface area contributed by atoms with Crippen LogP contribution in [-0.2, 0) is 17.8 Å². The van der Waals surface area contributed by atoms with Gasteiger partial charge in [-0.3, -0.25) is 9.69 Å². The van der Waals surface area contributed by atoms with Gasteiger partial charge in [-0.05, 0) is 5.56 Å². The van der Waals surface area contributed by atoms with Gasteiger partial charge in [0.15, 0.2) is 0 Å². The fraction of sp³-hybridized carbons (Fsp3) is 0.375. The smallest absolute Gasteiger partial charge is 0.271 e. The van der Waals surface area contributed by atoms with E-state index in [1.165, 1.54) is 11.3 Å². The molecule has 1 saturated heterocycles. The van der Waals surface area contributed by atoms with Crippen LogP contribution in [0.5, 0.6) is 0 Å². The van der Waals surface area contributed by atoms with E-state index in [2.05, 4.69) is 15.2 Å². The molecule has 0 saturated carbocycles. The number of nitrogens with one attached hydrogen (secondary N) is 1. The molecule has 0 spiro atoms. The third-order valence-corrected chi connectivity index (χ3v) is 4.38. The standard InChI is InChI=1S/C16H19N3O2S/c20-16(17-10-13-4-2-1-3-5-13)14-12-22-15(18-14)11-19-6-8-21-9-7-19/h1-5,12H,6-11H2,(H,17,20). The fourth-order valence-corrected chi connectivity index (χ4v) is 3.12. The summed E-state index contributed by atoms with van der Waals surface area (Å²) in [4.78, 5) is 18.9. The lowest BCUT2D eigenvalue weighted by atomic mass is 10.2. The van der Waals surface area contributed by atoms with Crippen molar-refractivity contribution in [3.63, 3.8) is 0 Å². The van der Waals surface area contributed by atoms with Crippen molar-refractivity contribution in [2.24, 2.45) is 0 Å². The number of carbonyl (C=O) groups is 1. The van der Waals surface area contributed by atoms with Gasteiger partial charge in [0.25, 0.3) is 5.91 Å². The SMILES string of the molecule is O=C(NCc1ccccc1)c1csc(CN2CCOCC2)n1. The normalized spacial score (nSPS) is 15.6. The van der Waals surface area contributed by atoms with Crippen molar-refractivity contribution in [3.05, 3.63) is 52.0 Å². The summed E-state index contributed by atoms with van der Waals surface area (Å²) >= 11 is 1.54. The molecule has 22 heavy (non-hydrogen) atoms. The van der Waals surface area contributed by atoms with E-state index in [9.17, 15) is 4.79 Å². The highest BCUT2D eigenvalue weighted by molar-refractivity contribution is 7.09. The molecule has 1 fully saturated rings. The van der Waals surface area contributed by atoms with Gasteiger partial charge in [-0.1, -0.05) is 30.3 Å². The molecule has 6 heteroatoms. The van der Waals surface area contributed by atoms with Crippen molar-refractivity contribution in [2.75, 3.05) is 26.3 Å². The molecule has 1 N–H and O–H groups in total. The van der Waals surface area contributed by atoms with Crippen LogP contribution in [0.3, 0.4) is 0 Å². The fourth-order valence-electron chi connectivity index (χ4n) is 2.31. The van der Waals surface area contributed by atoms with Gasteiger partial charge in [0.05, 0.1) is 19.8 Å². The largest absolute Gasteiger partial charge is 0.379 e. The van der Waals surface area contributed by atoms with Crippen molar-refractivity contribution in [1.29, 1.82) is 0 Å². The van der Waals surface area contributed by atoms with E-state index in [0.717, 1.165) is 43.4 Å². The van der Waals surface area contributed by atoms with E-state index in [1.807, 2.05) is 35.7 Å². The van der Waals surface area contributed by atoms with Crippen molar-refractivity contribution >= 4 is 17.2 Å². The summed E-state index contributed by atoms with van der Waals surface area (Å²) in [5.41, 5.74) is 1.59. The minimum absolute atomic E-state index is 0.117. The Kier molecular flexibility index (Phi) is 5.15. The molecule has 0 aliphatic carbocycles. The van der Waals surface area contributed by atoms with Gasteiger partial charge in [0.1, 0.15) is 10.7 Å². The molecule has 0 bridgehead atoms. The first-order chi connectivity index (χ1) is 10.8. The lowest BCUT2D eigenvalue weighted by Crippen LogP contribution is -2.35. The molecule has 3 rings (SSSR count). The molecule has 1 aromatic heterocycles. The third kappa shape index (κ3) is 4.13. The average molecular weight is 317 g/mol. The maximum atomic E-state index is 12.1. The predicted molar refractivity (Wildman–Crippen MR) is 85.8 cm³/mol. The van der Waals surface area contributed by atoms with Gasteiger partial charge in [0.2, 0.25) is 0 Å². The maximum Gasteiger partial charge on any atom is 0.271 e. The Bertz CT molecular complexity index is 609. The number of hydrogen-bond acceptors (Lipinski definition) is 5. The Morgan fingerprint density at radius 3 is 2.82 bits per heavy atom. The van der Waals surface area contributed by atoms with E-state index in [4.69, 9.17) is 4.74 Å². The number of aromatic nitrogens is 1. The lowest BCUT2D eigenvalue weighted by Gasteiger charge is -2.25. The average Bonchev–Trinajstić information content (AvgIpc) is 3.03. The van der Waals surface area contributed by atoms with E-state index < -0.39 is 0 Å². The van der Waals surface area contributed by atoms with Crippen LogP contribution in [0.2, 0.25) is 0 Å². The number of hydrogen-bond donors (Lipinski definition) is 1. The topological polar surface area (TPSA) is 54.5 Å². The van der Waals surface area contributed by atoms with E-state index in [1.54, 1.807) is 0 Å². The summed E-state index contributed by atoms with van der Waals surface area (Å²) < 4.78 is 5.33. The minimum atomic E-state index is -0.117. The lowest BCUT2D eigenvalue weighted by molar-refractivity contribution is 0.0341. The predicted octanol–water partition coefficient (Wildman–Crippen LogP) is 1.91. The molecule has 2 heterocycles. The zero-order valence-corrected chi connectivity index (χ0v) is 13.1. The number of thiazole rings is 1. The van der Waals surface area contributed by atoms with Crippen LogP contribution < -0.4 is 5.32 Å². The van der Waals surface area contributed by atoms with E-state index in [-0.39, 0.29) is 5.91 Å². The molecular formula is C16H19N3O2S. The highest BCUT2D eigenvalue weighted by Gasteiger charge is 2.15. The van der Waals surface area contributed by atoms with E-state index >= 15 is 0 Å². The minimum Gasteiger partial charge on any atom is -0.379 e. The molecule has 5 nitrogen and oxygen atoms in total. The highest BCUT2D eigenvalue weighted by atomic mass is 32.1. The zero-order chi connectivity index (χ0) is 15.2. The monoisotopic (exact) mass is 317 g/mol. The van der Waals surface area contributed by atoms with Gasteiger partial charge in [0, 0.05) is 25.0 Å². The van der Waals surface area contributed by atoms with Crippen LogP contribution >= 0.6 is 11.3 Å². The molecule has 1 aliphatic rings. The number of benzene rings is 1. The van der Waals surface area contributed by atoms with Crippen molar-refractivity contribution in [2.45, 2.75) is 13.1 Å². The first-order valence-corrected chi connectivity index (χ1v) is 8.26. The summed E-state index contributed by atoms with van der Waals surface area (Å²) in [6, 6.07) is 9.87. The quantitative estimate of drug-likeness (QED) is 0.915. The maximum absolute atomic E-state index is 12.1. The molecule has 1 amide bonds. The zero-order valence-electron chi connectivity index (χ0n) is 12.3. The second-order valence-corrected chi connectivity index (χ2v) is 6.13. The highest BCUT2D eigenvalue weighted by Crippen LogP contribution is 2.13. The van der Waals surface area contributed by atoms with Gasteiger partial charge in [-0.25, -0.2) is 4.98 Å². The van der Waals surface area contributed by atoms with Crippen molar-refractivity contribution < 1.29 is 9.53 Å². The van der Waals surface area contributed by atoms with Gasteiger partial charge in [-0.15, -0.1) is 11.3 Å².